The van der Waals surface area contributed by atoms with Gasteiger partial charge in [-0.2, -0.15) is 15.0 Å². The van der Waals surface area contributed by atoms with Crippen molar-refractivity contribution in [2.75, 3.05) is 23.3 Å². The fraction of sp³-hybridized carbons (Fsp3) is 0.500. The van der Waals surface area contributed by atoms with Gasteiger partial charge in [-0.1, -0.05) is 0 Å². The van der Waals surface area contributed by atoms with Crippen LogP contribution in [0.25, 0.3) is 0 Å². The summed E-state index contributed by atoms with van der Waals surface area (Å²) in [4.78, 5) is 17.6. The van der Waals surface area contributed by atoms with Crippen LogP contribution >= 0.6 is 22.9 Å². The van der Waals surface area contributed by atoms with E-state index in [0.29, 0.717) is 18.4 Å². The smallest absolute Gasteiger partial charge is 0.231 e. The van der Waals surface area contributed by atoms with E-state index in [-0.39, 0.29) is 5.28 Å². The molecule has 0 atom stereocenters. The molecule has 0 saturated carbocycles. The average Bonchev–Trinajstić information content (AvgIpc) is 2.91. The van der Waals surface area contributed by atoms with Crippen LogP contribution in [0.3, 0.4) is 0 Å². The maximum absolute atomic E-state index is 6.03. The van der Waals surface area contributed by atoms with E-state index in [1.165, 1.54) is 29.0 Å². The molecule has 5 nitrogen and oxygen atoms in total. The Labute approximate surface area is 133 Å². The third-order valence-electron chi connectivity index (χ3n) is 3.45. The first-order valence-electron chi connectivity index (χ1n) is 7.16. The van der Waals surface area contributed by atoms with E-state index in [1.807, 2.05) is 0 Å². The standard InChI is InChI=1S/C14H18ClN5S/c1-10-5-6-11(21-10)9-16-13-17-12(15)18-14(19-13)20-7-3-2-4-8-20/h5-6H,2-4,7-9H2,1H3,(H,16,17,18,19). The third kappa shape index (κ3) is 3.83. The normalized spacial score (nSPS) is 15.2. The molecule has 0 aromatic carbocycles. The summed E-state index contributed by atoms with van der Waals surface area (Å²) >= 11 is 7.80. The number of aromatic nitrogens is 3. The second kappa shape index (κ2) is 6.58. The highest BCUT2D eigenvalue weighted by Crippen LogP contribution is 2.20. The van der Waals surface area contributed by atoms with Gasteiger partial charge in [0.1, 0.15) is 0 Å². The van der Waals surface area contributed by atoms with Crippen molar-refractivity contribution < 1.29 is 0 Å². The molecule has 1 fully saturated rings. The largest absolute Gasteiger partial charge is 0.349 e. The summed E-state index contributed by atoms with van der Waals surface area (Å²) in [5, 5.41) is 3.48. The van der Waals surface area contributed by atoms with Gasteiger partial charge >= 0.3 is 0 Å². The fourth-order valence-corrected chi connectivity index (χ4v) is 3.39. The predicted octanol–water partition coefficient (Wildman–Crippen LogP) is 3.50. The average molecular weight is 324 g/mol. The van der Waals surface area contributed by atoms with Crippen LogP contribution in [-0.4, -0.2) is 28.0 Å². The van der Waals surface area contributed by atoms with Gasteiger partial charge in [0.25, 0.3) is 0 Å². The predicted molar refractivity (Wildman–Crippen MR) is 87.3 cm³/mol. The second-order valence-electron chi connectivity index (χ2n) is 5.14. The number of hydrogen-bond donors (Lipinski definition) is 1. The van der Waals surface area contributed by atoms with E-state index in [2.05, 4.69) is 44.2 Å². The van der Waals surface area contributed by atoms with E-state index in [4.69, 9.17) is 11.6 Å². The maximum atomic E-state index is 6.03. The molecule has 3 heterocycles. The van der Waals surface area contributed by atoms with Crippen LogP contribution in [0, 0.1) is 6.92 Å². The minimum Gasteiger partial charge on any atom is -0.349 e. The first-order chi connectivity index (χ1) is 10.2. The van der Waals surface area contributed by atoms with Gasteiger partial charge in [0.05, 0.1) is 6.54 Å². The number of halogens is 1. The van der Waals surface area contributed by atoms with Crippen molar-refractivity contribution >= 4 is 34.8 Å². The third-order valence-corrected chi connectivity index (χ3v) is 4.62. The minimum atomic E-state index is 0.246. The molecule has 0 radical (unpaired) electrons. The van der Waals surface area contributed by atoms with Crippen molar-refractivity contribution in [2.45, 2.75) is 32.7 Å². The molecule has 1 aliphatic rings. The zero-order valence-electron chi connectivity index (χ0n) is 12.0. The van der Waals surface area contributed by atoms with Gasteiger partial charge in [0, 0.05) is 22.8 Å². The van der Waals surface area contributed by atoms with Gasteiger partial charge in [-0.15, -0.1) is 11.3 Å². The van der Waals surface area contributed by atoms with E-state index in [9.17, 15) is 0 Å². The number of piperidine rings is 1. The summed E-state index contributed by atoms with van der Waals surface area (Å²) in [7, 11) is 0. The van der Waals surface area contributed by atoms with Gasteiger partial charge < -0.3 is 10.2 Å². The minimum absolute atomic E-state index is 0.246. The van der Waals surface area contributed by atoms with Gasteiger partial charge in [0.2, 0.25) is 17.2 Å². The summed E-state index contributed by atoms with van der Waals surface area (Å²) in [5.41, 5.74) is 0. The van der Waals surface area contributed by atoms with Crippen LogP contribution in [0.15, 0.2) is 12.1 Å². The van der Waals surface area contributed by atoms with Gasteiger partial charge in [-0.05, 0) is 49.9 Å². The Bertz CT molecular complexity index is 609. The van der Waals surface area contributed by atoms with E-state index >= 15 is 0 Å². The summed E-state index contributed by atoms with van der Waals surface area (Å²) in [6.45, 7) is 4.79. The number of thiophene rings is 1. The highest BCUT2D eigenvalue weighted by molar-refractivity contribution is 7.11. The van der Waals surface area contributed by atoms with Gasteiger partial charge in [-0.25, -0.2) is 0 Å². The van der Waals surface area contributed by atoms with Crippen molar-refractivity contribution in [3.8, 4) is 0 Å². The molecule has 3 rings (SSSR count). The van der Waals surface area contributed by atoms with Crippen LogP contribution in [0.2, 0.25) is 5.28 Å². The Morgan fingerprint density at radius 3 is 2.71 bits per heavy atom. The first kappa shape index (κ1) is 14.5. The lowest BCUT2D eigenvalue weighted by molar-refractivity contribution is 0.567. The van der Waals surface area contributed by atoms with Crippen molar-refractivity contribution in [2.24, 2.45) is 0 Å². The Kier molecular flexibility index (Phi) is 4.55. The SMILES string of the molecule is Cc1ccc(CNc2nc(Cl)nc(N3CCCCC3)n2)s1. The fourth-order valence-electron chi connectivity index (χ4n) is 2.40. The van der Waals surface area contributed by atoms with E-state index in [1.54, 1.807) is 11.3 Å². The molecular formula is C14H18ClN5S. The quantitative estimate of drug-likeness (QED) is 0.933. The number of nitrogens with zero attached hydrogens (tertiary/aromatic N) is 4. The van der Waals surface area contributed by atoms with Gasteiger partial charge in [0.15, 0.2) is 0 Å². The summed E-state index contributed by atoms with van der Waals surface area (Å²) in [6.07, 6.45) is 3.64. The van der Waals surface area contributed by atoms with Crippen LogP contribution in [0.1, 0.15) is 29.0 Å². The molecule has 0 amide bonds. The zero-order chi connectivity index (χ0) is 14.7. The topological polar surface area (TPSA) is 53.9 Å². The molecule has 7 heteroatoms. The molecule has 0 unspecified atom stereocenters. The first-order valence-corrected chi connectivity index (χ1v) is 8.36. The molecule has 1 aliphatic heterocycles. The number of aryl methyl sites for hydroxylation is 1. The van der Waals surface area contributed by atoms with Crippen molar-refractivity contribution in [3.63, 3.8) is 0 Å². The summed E-state index contributed by atoms with van der Waals surface area (Å²) < 4.78 is 0. The molecule has 0 bridgehead atoms. The molecule has 0 spiro atoms. The molecule has 112 valence electrons. The highest BCUT2D eigenvalue weighted by Gasteiger charge is 2.15. The lowest BCUT2D eigenvalue weighted by Crippen LogP contribution is -2.31. The second-order valence-corrected chi connectivity index (χ2v) is 6.85. The van der Waals surface area contributed by atoms with Crippen LogP contribution < -0.4 is 10.2 Å². The van der Waals surface area contributed by atoms with Crippen LogP contribution in [0.5, 0.6) is 0 Å². The highest BCUT2D eigenvalue weighted by atomic mass is 35.5. The van der Waals surface area contributed by atoms with Crippen molar-refractivity contribution in [1.29, 1.82) is 0 Å². The Morgan fingerprint density at radius 2 is 2.00 bits per heavy atom. The van der Waals surface area contributed by atoms with Crippen molar-refractivity contribution in [3.05, 3.63) is 27.2 Å². The van der Waals surface area contributed by atoms with E-state index in [0.717, 1.165) is 13.1 Å². The summed E-state index contributed by atoms with van der Waals surface area (Å²) in [5.74, 6) is 1.22. The van der Waals surface area contributed by atoms with Gasteiger partial charge in [-0.3, -0.25) is 0 Å². The Hall–Kier alpha value is -1.40. The number of hydrogen-bond acceptors (Lipinski definition) is 6. The molecule has 2 aromatic heterocycles. The van der Waals surface area contributed by atoms with Crippen molar-refractivity contribution in [1.82, 2.24) is 15.0 Å². The lowest BCUT2D eigenvalue weighted by atomic mass is 10.1. The number of anilines is 2. The molecule has 1 N–H and O–H groups in total. The molecule has 0 aliphatic carbocycles. The molecule has 2 aromatic rings. The molecule has 21 heavy (non-hydrogen) atoms. The maximum Gasteiger partial charge on any atom is 0.231 e. The Balaban J connectivity index is 1.71. The monoisotopic (exact) mass is 323 g/mol. The zero-order valence-corrected chi connectivity index (χ0v) is 13.5. The van der Waals surface area contributed by atoms with Crippen LogP contribution in [0.4, 0.5) is 11.9 Å². The number of rotatable bonds is 4. The lowest BCUT2D eigenvalue weighted by Gasteiger charge is -2.26. The van der Waals surface area contributed by atoms with Crippen LogP contribution in [-0.2, 0) is 6.54 Å². The Morgan fingerprint density at radius 1 is 1.19 bits per heavy atom. The molecular weight excluding hydrogens is 306 g/mol. The van der Waals surface area contributed by atoms with E-state index < -0.39 is 0 Å². The number of nitrogens with one attached hydrogen (secondary N) is 1. The molecule has 1 saturated heterocycles. The summed E-state index contributed by atoms with van der Waals surface area (Å²) in [6, 6.07) is 4.22.